The molecular weight excluding hydrogens is 334 g/mol. The second-order valence-corrected chi connectivity index (χ2v) is 8.05. The molecule has 138 valence electrons. The van der Waals surface area contributed by atoms with Crippen LogP contribution in [-0.4, -0.2) is 67.8 Å². The van der Waals surface area contributed by atoms with E-state index in [4.69, 9.17) is 16.3 Å². The van der Waals surface area contributed by atoms with Gasteiger partial charge < -0.3 is 15.0 Å². The lowest BCUT2D eigenvalue weighted by Crippen LogP contribution is -2.49. The van der Waals surface area contributed by atoms with Crippen molar-refractivity contribution in [1.29, 1.82) is 0 Å². The molecule has 0 amide bonds. The summed E-state index contributed by atoms with van der Waals surface area (Å²) in [6, 6.07) is 10.1. The third-order valence-corrected chi connectivity index (χ3v) is 6.52. The van der Waals surface area contributed by atoms with Gasteiger partial charge in [0.05, 0.1) is 13.2 Å². The lowest BCUT2D eigenvalue weighted by atomic mass is 9.96. The summed E-state index contributed by atoms with van der Waals surface area (Å²) in [5.41, 5.74) is 1.25. The van der Waals surface area contributed by atoms with Crippen LogP contribution in [0.25, 0.3) is 0 Å². The van der Waals surface area contributed by atoms with Gasteiger partial charge >= 0.3 is 0 Å². The Hall–Kier alpha value is -0.650. The maximum Gasteiger partial charge on any atom is 0.0594 e. The van der Waals surface area contributed by atoms with Crippen LogP contribution in [0.3, 0.4) is 0 Å². The van der Waals surface area contributed by atoms with Crippen LogP contribution in [-0.2, 0) is 4.74 Å². The first-order valence-corrected chi connectivity index (χ1v) is 10.2. The molecule has 0 aromatic heterocycles. The third-order valence-electron chi connectivity index (χ3n) is 6.17. The zero-order valence-corrected chi connectivity index (χ0v) is 15.8. The summed E-state index contributed by atoms with van der Waals surface area (Å²) in [6.45, 7) is 7.16. The molecule has 4 nitrogen and oxygen atoms in total. The molecule has 0 radical (unpaired) electrons. The Morgan fingerprint density at radius 2 is 1.96 bits per heavy atom. The molecule has 1 N–H and O–H groups in total. The van der Waals surface area contributed by atoms with Gasteiger partial charge in [0.2, 0.25) is 0 Å². The van der Waals surface area contributed by atoms with Crippen molar-refractivity contribution in [2.24, 2.45) is 0 Å². The predicted octanol–water partition coefficient (Wildman–Crippen LogP) is 2.93. The predicted molar refractivity (Wildman–Crippen MR) is 102 cm³/mol. The molecule has 4 rings (SSSR count). The standard InChI is InChI=1S/C20H30ClN3O/c21-19-6-2-1-5-18(19)20(24-10-12-25-13-11-24)15-22-16-7-9-23-8-3-4-17(23)14-16/h1-2,5-6,16-17,20,22H,3-4,7-15H2/t16-,17-,20+/m1/s1. The SMILES string of the molecule is Clc1ccccc1[C@H](CN[C@@H]1CCN2CCC[C@@H]2C1)N1CCOCC1. The molecule has 1 aromatic carbocycles. The molecular formula is C20H30ClN3O. The van der Waals surface area contributed by atoms with Crippen LogP contribution in [0.15, 0.2) is 24.3 Å². The van der Waals surface area contributed by atoms with E-state index in [1.807, 2.05) is 12.1 Å². The highest BCUT2D eigenvalue weighted by molar-refractivity contribution is 6.31. The molecule has 0 unspecified atom stereocenters. The summed E-state index contributed by atoms with van der Waals surface area (Å²) in [7, 11) is 0. The van der Waals surface area contributed by atoms with Gasteiger partial charge in [0.15, 0.2) is 0 Å². The Bertz CT molecular complexity index is 564. The van der Waals surface area contributed by atoms with Crippen LogP contribution in [0.4, 0.5) is 0 Å². The molecule has 0 saturated carbocycles. The van der Waals surface area contributed by atoms with Crippen molar-refractivity contribution >= 4 is 11.6 Å². The molecule has 0 spiro atoms. The van der Waals surface area contributed by atoms with E-state index in [9.17, 15) is 0 Å². The Morgan fingerprint density at radius 3 is 2.80 bits per heavy atom. The average molecular weight is 364 g/mol. The van der Waals surface area contributed by atoms with Crippen LogP contribution in [0.5, 0.6) is 0 Å². The summed E-state index contributed by atoms with van der Waals surface area (Å²) in [4.78, 5) is 5.22. The number of hydrogen-bond donors (Lipinski definition) is 1. The van der Waals surface area contributed by atoms with Crippen LogP contribution in [0, 0.1) is 0 Å². The van der Waals surface area contributed by atoms with Gasteiger partial charge in [0.1, 0.15) is 0 Å². The van der Waals surface area contributed by atoms with E-state index in [0.717, 1.165) is 43.9 Å². The highest BCUT2D eigenvalue weighted by Gasteiger charge is 2.32. The number of nitrogens with one attached hydrogen (secondary N) is 1. The molecule has 1 aromatic rings. The second-order valence-electron chi connectivity index (χ2n) is 7.65. The molecule has 3 saturated heterocycles. The zero-order valence-electron chi connectivity index (χ0n) is 15.0. The van der Waals surface area contributed by atoms with E-state index in [0.29, 0.717) is 12.1 Å². The largest absolute Gasteiger partial charge is 0.379 e. The first-order chi connectivity index (χ1) is 12.3. The zero-order chi connectivity index (χ0) is 17.1. The first-order valence-electron chi connectivity index (χ1n) is 9.85. The number of morpholine rings is 1. The minimum Gasteiger partial charge on any atom is -0.379 e. The number of nitrogens with zero attached hydrogens (tertiary/aromatic N) is 2. The van der Waals surface area contributed by atoms with Gasteiger partial charge in [-0.1, -0.05) is 29.8 Å². The molecule has 3 aliphatic rings. The van der Waals surface area contributed by atoms with Crippen molar-refractivity contribution in [3.63, 3.8) is 0 Å². The van der Waals surface area contributed by atoms with Crippen molar-refractivity contribution in [3.05, 3.63) is 34.9 Å². The molecule has 0 aliphatic carbocycles. The minimum atomic E-state index is 0.333. The Morgan fingerprint density at radius 1 is 1.12 bits per heavy atom. The summed E-state index contributed by atoms with van der Waals surface area (Å²) in [5, 5.41) is 4.77. The fourth-order valence-electron chi connectivity index (χ4n) is 4.76. The molecule has 5 heteroatoms. The molecule has 3 fully saturated rings. The van der Waals surface area contributed by atoms with Gasteiger partial charge in [-0.15, -0.1) is 0 Å². The Balaban J connectivity index is 1.42. The summed E-state index contributed by atoms with van der Waals surface area (Å²) < 4.78 is 5.56. The highest BCUT2D eigenvalue weighted by atomic mass is 35.5. The lowest BCUT2D eigenvalue weighted by Gasteiger charge is -2.39. The van der Waals surface area contributed by atoms with Gasteiger partial charge in [-0.05, 0) is 50.4 Å². The quantitative estimate of drug-likeness (QED) is 0.870. The monoisotopic (exact) mass is 363 g/mol. The van der Waals surface area contributed by atoms with Gasteiger partial charge in [-0.3, -0.25) is 4.90 Å². The highest BCUT2D eigenvalue weighted by Crippen LogP contribution is 2.30. The maximum atomic E-state index is 6.54. The number of ether oxygens (including phenoxy) is 1. The van der Waals surface area contributed by atoms with Crippen LogP contribution in [0.2, 0.25) is 5.02 Å². The van der Waals surface area contributed by atoms with Crippen molar-refractivity contribution in [1.82, 2.24) is 15.1 Å². The smallest absolute Gasteiger partial charge is 0.0594 e. The van der Waals surface area contributed by atoms with E-state index in [2.05, 4.69) is 27.2 Å². The maximum absolute atomic E-state index is 6.54. The van der Waals surface area contributed by atoms with E-state index >= 15 is 0 Å². The molecule has 0 bridgehead atoms. The summed E-state index contributed by atoms with van der Waals surface area (Å²) >= 11 is 6.54. The van der Waals surface area contributed by atoms with Crippen molar-refractivity contribution in [2.45, 2.75) is 43.8 Å². The Labute approximate surface area is 156 Å². The molecule has 3 atom stereocenters. The normalized spacial score (nSPS) is 29.5. The van der Waals surface area contributed by atoms with E-state index < -0.39 is 0 Å². The number of piperidine rings is 1. The third kappa shape index (κ3) is 4.20. The molecule has 3 heterocycles. The van der Waals surface area contributed by atoms with Gasteiger partial charge in [-0.2, -0.15) is 0 Å². The fourth-order valence-corrected chi connectivity index (χ4v) is 5.02. The van der Waals surface area contributed by atoms with E-state index in [-0.39, 0.29) is 0 Å². The van der Waals surface area contributed by atoms with E-state index in [1.54, 1.807) is 0 Å². The number of fused-ring (bicyclic) bond motifs is 1. The average Bonchev–Trinajstić information content (AvgIpc) is 3.12. The topological polar surface area (TPSA) is 27.7 Å². The van der Waals surface area contributed by atoms with Crippen molar-refractivity contribution in [2.75, 3.05) is 45.9 Å². The molecule has 25 heavy (non-hydrogen) atoms. The Kier molecular flexibility index (Phi) is 5.94. The van der Waals surface area contributed by atoms with Crippen LogP contribution in [0.1, 0.15) is 37.3 Å². The van der Waals surface area contributed by atoms with Gasteiger partial charge in [0, 0.05) is 42.8 Å². The minimum absolute atomic E-state index is 0.333. The molecule has 3 aliphatic heterocycles. The lowest BCUT2D eigenvalue weighted by molar-refractivity contribution is 0.0149. The summed E-state index contributed by atoms with van der Waals surface area (Å²) in [5.74, 6) is 0. The number of halogens is 1. The first kappa shape index (κ1) is 17.7. The van der Waals surface area contributed by atoms with Gasteiger partial charge in [-0.25, -0.2) is 0 Å². The number of benzene rings is 1. The summed E-state index contributed by atoms with van der Waals surface area (Å²) in [6.07, 6.45) is 5.34. The number of rotatable bonds is 5. The van der Waals surface area contributed by atoms with E-state index in [1.165, 1.54) is 44.3 Å². The fraction of sp³-hybridized carbons (Fsp3) is 0.700. The number of hydrogen-bond acceptors (Lipinski definition) is 4. The van der Waals surface area contributed by atoms with Crippen molar-refractivity contribution < 1.29 is 4.74 Å². The van der Waals surface area contributed by atoms with Gasteiger partial charge in [0.25, 0.3) is 0 Å². The van der Waals surface area contributed by atoms with Crippen molar-refractivity contribution in [3.8, 4) is 0 Å². The van der Waals surface area contributed by atoms with Crippen LogP contribution >= 0.6 is 11.6 Å². The van der Waals surface area contributed by atoms with Crippen LogP contribution < -0.4 is 5.32 Å². The second kappa shape index (κ2) is 8.36.